The van der Waals surface area contributed by atoms with Crippen molar-refractivity contribution in [3.8, 4) is 28.7 Å². The van der Waals surface area contributed by atoms with Crippen LogP contribution in [-0.2, 0) is 5.41 Å². The van der Waals surface area contributed by atoms with Crippen LogP contribution in [0.5, 0.6) is 11.8 Å². The number of rotatable bonds is 4. The number of aromatic nitrogens is 4. The Morgan fingerprint density at radius 3 is 2.44 bits per heavy atom. The second-order valence-electron chi connectivity index (χ2n) is 7.00. The smallest absolute Gasteiger partial charge is 0.337 e. The van der Waals surface area contributed by atoms with Crippen LogP contribution in [0.3, 0.4) is 0 Å². The van der Waals surface area contributed by atoms with Gasteiger partial charge in [0.2, 0.25) is 11.8 Å². The molecule has 0 saturated heterocycles. The average Bonchev–Trinajstić information content (AvgIpc) is 3.02. The van der Waals surface area contributed by atoms with Crippen molar-refractivity contribution in [3.63, 3.8) is 0 Å². The largest absolute Gasteiger partial charge is 0.493 e. The average molecular weight is 368 g/mol. The summed E-state index contributed by atoms with van der Waals surface area (Å²) in [6.07, 6.45) is 3.07. The molecule has 0 aliphatic rings. The normalized spacial score (nSPS) is 11.4. The maximum atomic E-state index is 11.5. The first-order valence-electron chi connectivity index (χ1n) is 8.25. The van der Waals surface area contributed by atoms with Crippen LogP contribution in [-0.4, -0.2) is 43.0 Å². The van der Waals surface area contributed by atoms with Gasteiger partial charge in [0.15, 0.2) is 5.82 Å². The third-order valence-electron chi connectivity index (χ3n) is 4.04. The lowest BCUT2D eigenvalue weighted by atomic mass is 9.88. The molecule has 27 heavy (non-hydrogen) atoms. The molecule has 0 aliphatic heterocycles. The Balaban J connectivity index is 2.07. The van der Waals surface area contributed by atoms with Crippen molar-refractivity contribution >= 4 is 5.97 Å². The molecule has 8 nitrogen and oxygen atoms in total. The predicted octanol–water partition coefficient (Wildman–Crippen LogP) is 3.04. The van der Waals surface area contributed by atoms with E-state index in [1.54, 1.807) is 18.3 Å². The monoisotopic (exact) mass is 368 g/mol. The third kappa shape index (κ3) is 3.46. The van der Waals surface area contributed by atoms with E-state index in [1.807, 2.05) is 20.8 Å². The molecule has 0 amide bonds. The van der Waals surface area contributed by atoms with E-state index in [0.717, 1.165) is 0 Å². The topological polar surface area (TPSA) is 110 Å². The second-order valence-corrected chi connectivity index (χ2v) is 7.00. The lowest BCUT2D eigenvalue weighted by molar-refractivity contribution is 0.0693. The van der Waals surface area contributed by atoms with Crippen LogP contribution in [0.4, 0.5) is 0 Å². The van der Waals surface area contributed by atoms with Gasteiger partial charge in [-0.2, -0.15) is 9.78 Å². The highest BCUT2D eigenvalue weighted by molar-refractivity contribution is 5.89. The van der Waals surface area contributed by atoms with Gasteiger partial charge in [-0.1, -0.05) is 20.8 Å². The van der Waals surface area contributed by atoms with Crippen LogP contribution in [0, 0.1) is 0 Å². The summed E-state index contributed by atoms with van der Waals surface area (Å²) in [7, 11) is 1.52. The summed E-state index contributed by atoms with van der Waals surface area (Å²) in [6, 6.07) is 6.43. The quantitative estimate of drug-likeness (QED) is 0.728. The molecule has 3 rings (SSSR count). The van der Waals surface area contributed by atoms with Gasteiger partial charge in [-0.15, -0.1) is 0 Å². The van der Waals surface area contributed by atoms with Gasteiger partial charge in [0.1, 0.15) is 0 Å². The molecule has 3 heterocycles. The summed E-state index contributed by atoms with van der Waals surface area (Å²) in [4.78, 5) is 20.1. The molecule has 0 atom stereocenters. The minimum atomic E-state index is -1.05. The SMILES string of the molecule is COc1ccc(-c2cnn(-c3ccc(C(=O)O)c(C(C)(C)C)n3)c2O)cn1. The molecule has 0 unspecified atom stereocenters. The van der Waals surface area contributed by atoms with Gasteiger partial charge in [-0.25, -0.2) is 14.8 Å². The fourth-order valence-electron chi connectivity index (χ4n) is 2.68. The van der Waals surface area contributed by atoms with E-state index in [-0.39, 0.29) is 11.4 Å². The van der Waals surface area contributed by atoms with Crippen LogP contribution in [0.1, 0.15) is 36.8 Å². The van der Waals surface area contributed by atoms with Crippen molar-refractivity contribution in [3.05, 3.63) is 47.9 Å². The summed E-state index contributed by atoms with van der Waals surface area (Å²) in [5, 5.41) is 24.2. The van der Waals surface area contributed by atoms with Crippen LogP contribution in [0.2, 0.25) is 0 Å². The lowest BCUT2D eigenvalue weighted by Gasteiger charge is -2.20. The van der Waals surface area contributed by atoms with Crippen molar-refractivity contribution in [2.24, 2.45) is 0 Å². The van der Waals surface area contributed by atoms with Crippen molar-refractivity contribution < 1.29 is 19.7 Å². The first kappa shape index (κ1) is 18.4. The minimum Gasteiger partial charge on any atom is -0.493 e. The Kier molecular flexibility index (Phi) is 4.57. The van der Waals surface area contributed by atoms with Gasteiger partial charge < -0.3 is 14.9 Å². The maximum Gasteiger partial charge on any atom is 0.337 e. The number of ether oxygens (including phenoxy) is 1. The second kappa shape index (κ2) is 6.71. The van der Waals surface area contributed by atoms with E-state index in [0.29, 0.717) is 28.5 Å². The van der Waals surface area contributed by atoms with Crippen molar-refractivity contribution in [2.45, 2.75) is 26.2 Å². The molecule has 8 heteroatoms. The number of hydrogen-bond acceptors (Lipinski definition) is 6. The number of carboxylic acids is 1. The number of aromatic carboxylic acids is 1. The van der Waals surface area contributed by atoms with E-state index in [1.165, 1.54) is 30.1 Å². The van der Waals surface area contributed by atoms with Gasteiger partial charge in [-0.3, -0.25) is 0 Å². The van der Waals surface area contributed by atoms with Gasteiger partial charge in [-0.05, 0) is 18.2 Å². The van der Waals surface area contributed by atoms with E-state index in [4.69, 9.17) is 4.74 Å². The van der Waals surface area contributed by atoms with Gasteiger partial charge in [0.05, 0.1) is 30.1 Å². The molecule has 3 aromatic rings. The Morgan fingerprint density at radius 2 is 1.89 bits per heavy atom. The minimum absolute atomic E-state index is 0.114. The predicted molar refractivity (Wildman–Crippen MR) is 98.5 cm³/mol. The summed E-state index contributed by atoms with van der Waals surface area (Å²) in [6.45, 7) is 5.63. The van der Waals surface area contributed by atoms with Crippen molar-refractivity contribution in [1.29, 1.82) is 0 Å². The number of pyridine rings is 2. The number of nitrogens with zero attached hydrogens (tertiary/aromatic N) is 4. The maximum absolute atomic E-state index is 11.5. The van der Waals surface area contributed by atoms with Crippen molar-refractivity contribution in [2.75, 3.05) is 7.11 Å². The molecule has 140 valence electrons. The lowest BCUT2D eigenvalue weighted by Crippen LogP contribution is -2.20. The van der Waals surface area contributed by atoms with E-state index < -0.39 is 11.4 Å². The Bertz CT molecular complexity index is 988. The molecule has 0 radical (unpaired) electrons. The van der Waals surface area contributed by atoms with Gasteiger partial charge >= 0.3 is 5.97 Å². The Labute approximate surface area is 156 Å². The zero-order valence-corrected chi connectivity index (χ0v) is 15.5. The van der Waals surface area contributed by atoms with Crippen LogP contribution < -0.4 is 4.74 Å². The van der Waals surface area contributed by atoms with Crippen LogP contribution >= 0.6 is 0 Å². The van der Waals surface area contributed by atoms with Gasteiger partial charge in [0.25, 0.3) is 0 Å². The highest BCUT2D eigenvalue weighted by atomic mass is 16.5. The molecule has 0 fully saturated rings. The zero-order chi connectivity index (χ0) is 19.8. The molecule has 0 aliphatic carbocycles. The van der Waals surface area contributed by atoms with Crippen LogP contribution in [0.25, 0.3) is 16.9 Å². The standard InChI is InChI=1S/C19H20N4O4/c1-19(2,3)16-12(18(25)26)6-7-14(22-16)23-17(24)13(10-21-23)11-5-8-15(27-4)20-9-11/h5-10,24H,1-4H3,(H,25,26). The number of hydrogen-bond donors (Lipinski definition) is 2. The highest BCUT2D eigenvalue weighted by Gasteiger charge is 2.25. The third-order valence-corrected chi connectivity index (χ3v) is 4.04. The van der Waals surface area contributed by atoms with E-state index in [2.05, 4.69) is 15.1 Å². The Hall–Kier alpha value is -3.42. The molecule has 2 N–H and O–H groups in total. The van der Waals surface area contributed by atoms with E-state index >= 15 is 0 Å². The summed E-state index contributed by atoms with van der Waals surface area (Å²) >= 11 is 0. The molecule has 0 aromatic carbocycles. The summed E-state index contributed by atoms with van der Waals surface area (Å²) in [5.41, 5.74) is 1.19. The number of methoxy groups -OCH3 is 1. The number of carbonyl (C=O) groups is 1. The molecule has 0 spiro atoms. The zero-order valence-electron chi connectivity index (χ0n) is 15.5. The molecular weight excluding hydrogens is 348 g/mol. The Morgan fingerprint density at radius 1 is 1.15 bits per heavy atom. The molecule has 0 saturated carbocycles. The number of aromatic hydroxyl groups is 1. The van der Waals surface area contributed by atoms with Gasteiger partial charge in [0, 0.05) is 23.2 Å². The molecular formula is C19H20N4O4. The summed E-state index contributed by atoms with van der Waals surface area (Å²) in [5.74, 6) is -0.368. The first-order valence-corrected chi connectivity index (χ1v) is 8.25. The first-order chi connectivity index (χ1) is 12.7. The van der Waals surface area contributed by atoms with Crippen LogP contribution in [0.15, 0.2) is 36.7 Å². The highest BCUT2D eigenvalue weighted by Crippen LogP contribution is 2.32. The van der Waals surface area contributed by atoms with E-state index in [9.17, 15) is 15.0 Å². The molecule has 3 aromatic heterocycles. The van der Waals surface area contributed by atoms with Crippen molar-refractivity contribution in [1.82, 2.24) is 19.7 Å². The summed E-state index contributed by atoms with van der Waals surface area (Å²) < 4.78 is 6.30. The molecule has 0 bridgehead atoms. The number of carboxylic acid groups (broad SMARTS) is 1. The fraction of sp³-hybridized carbons (Fsp3) is 0.263. The fourth-order valence-corrected chi connectivity index (χ4v) is 2.68.